The Hall–Kier alpha value is -1.70. The van der Waals surface area contributed by atoms with E-state index in [-0.39, 0.29) is 11.8 Å². The lowest BCUT2D eigenvalue weighted by atomic mass is 9.86. The van der Waals surface area contributed by atoms with Crippen molar-refractivity contribution in [1.82, 2.24) is 0 Å². The zero-order chi connectivity index (χ0) is 19.8. The molecule has 2 aliphatic rings. The van der Waals surface area contributed by atoms with Crippen molar-refractivity contribution in [3.05, 3.63) is 46.6 Å². The summed E-state index contributed by atoms with van der Waals surface area (Å²) in [4.78, 5) is 24.4. The van der Waals surface area contributed by atoms with Crippen molar-refractivity contribution >= 4 is 11.6 Å². The molecule has 0 aromatic carbocycles. The monoisotopic (exact) mass is 368 g/mol. The summed E-state index contributed by atoms with van der Waals surface area (Å²) < 4.78 is 0. The smallest absolute Gasteiger partial charge is 0.165 e. The van der Waals surface area contributed by atoms with E-state index in [1.54, 1.807) is 0 Å². The number of Topliss-reactive ketones (excluding diaryl/α,β-unsaturated/α-hetero) is 2. The van der Waals surface area contributed by atoms with Crippen LogP contribution in [0.25, 0.3) is 0 Å². The Bertz CT molecular complexity index is 614. The molecule has 0 aromatic rings. The van der Waals surface area contributed by atoms with Gasteiger partial charge < -0.3 is 0 Å². The highest BCUT2D eigenvalue weighted by Crippen LogP contribution is 2.25. The van der Waals surface area contributed by atoms with E-state index in [0.29, 0.717) is 11.6 Å². The standard InChI is InChI=1S/C25H36O2/c1-18-14-16-22(24(26)20(18)3)12-10-8-6-5-7-9-11-13-23-17-15-19(2)21(4)25(23)27/h14-17,22-23H,5-13H2,1-4H3. The van der Waals surface area contributed by atoms with Gasteiger partial charge >= 0.3 is 0 Å². The summed E-state index contributed by atoms with van der Waals surface area (Å²) in [5.41, 5.74) is 4.11. The molecule has 0 radical (unpaired) electrons. The summed E-state index contributed by atoms with van der Waals surface area (Å²) in [6.45, 7) is 7.92. The number of rotatable bonds is 10. The van der Waals surface area contributed by atoms with E-state index < -0.39 is 0 Å². The van der Waals surface area contributed by atoms with Gasteiger partial charge in [-0.2, -0.15) is 0 Å². The molecule has 2 unspecified atom stereocenters. The van der Waals surface area contributed by atoms with Gasteiger partial charge in [0.1, 0.15) is 0 Å². The van der Waals surface area contributed by atoms with Crippen molar-refractivity contribution in [3.8, 4) is 0 Å². The molecule has 0 amide bonds. The predicted octanol–water partition coefficient (Wildman–Crippen LogP) is 6.68. The van der Waals surface area contributed by atoms with E-state index in [9.17, 15) is 9.59 Å². The highest BCUT2D eigenvalue weighted by atomic mass is 16.1. The fourth-order valence-corrected chi connectivity index (χ4v) is 3.96. The molecular formula is C25H36O2. The summed E-state index contributed by atoms with van der Waals surface area (Å²) in [6, 6.07) is 0. The maximum Gasteiger partial charge on any atom is 0.165 e. The lowest BCUT2D eigenvalue weighted by Gasteiger charge is -2.18. The first-order valence-corrected chi connectivity index (χ1v) is 10.7. The molecule has 2 nitrogen and oxygen atoms in total. The van der Waals surface area contributed by atoms with Crippen LogP contribution < -0.4 is 0 Å². The van der Waals surface area contributed by atoms with E-state index in [1.165, 1.54) is 32.1 Å². The first-order valence-electron chi connectivity index (χ1n) is 10.7. The Kier molecular flexibility index (Phi) is 8.47. The van der Waals surface area contributed by atoms with Gasteiger partial charge in [-0.25, -0.2) is 0 Å². The molecular weight excluding hydrogens is 332 g/mol. The van der Waals surface area contributed by atoms with Crippen LogP contribution in [-0.4, -0.2) is 11.6 Å². The first kappa shape index (κ1) is 21.6. The number of hydrogen-bond donors (Lipinski definition) is 0. The minimum Gasteiger partial charge on any atom is -0.294 e. The van der Waals surface area contributed by atoms with Gasteiger partial charge in [-0.05, 0) is 62.8 Å². The number of ketones is 2. The molecule has 0 aliphatic heterocycles. The molecule has 0 N–H and O–H groups in total. The highest BCUT2D eigenvalue weighted by Gasteiger charge is 2.21. The van der Waals surface area contributed by atoms with E-state index >= 15 is 0 Å². The first-order chi connectivity index (χ1) is 12.9. The molecule has 0 aromatic heterocycles. The summed E-state index contributed by atoms with van der Waals surface area (Å²) in [5, 5.41) is 0. The number of carbonyl (C=O) groups is 2. The average Bonchev–Trinajstić information content (AvgIpc) is 2.66. The van der Waals surface area contributed by atoms with E-state index in [1.807, 2.05) is 27.7 Å². The minimum atomic E-state index is 0.107. The molecule has 148 valence electrons. The largest absolute Gasteiger partial charge is 0.294 e. The van der Waals surface area contributed by atoms with Gasteiger partial charge in [0.05, 0.1) is 0 Å². The van der Waals surface area contributed by atoms with E-state index in [2.05, 4.69) is 24.3 Å². The fraction of sp³-hybridized carbons (Fsp3) is 0.600. The van der Waals surface area contributed by atoms with Crippen LogP contribution in [0.1, 0.15) is 85.5 Å². The molecule has 0 bridgehead atoms. The maximum atomic E-state index is 12.2. The van der Waals surface area contributed by atoms with Gasteiger partial charge in [0.2, 0.25) is 0 Å². The normalized spacial score (nSPS) is 23.0. The van der Waals surface area contributed by atoms with Crippen LogP contribution in [-0.2, 0) is 9.59 Å². The fourth-order valence-electron chi connectivity index (χ4n) is 3.96. The zero-order valence-corrected chi connectivity index (χ0v) is 17.6. The molecule has 0 heterocycles. The third-order valence-electron chi connectivity index (χ3n) is 6.28. The third kappa shape index (κ3) is 6.16. The average molecular weight is 369 g/mol. The Balaban J connectivity index is 1.49. The van der Waals surface area contributed by atoms with Crippen molar-refractivity contribution in [1.29, 1.82) is 0 Å². The molecule has 2 heteroatoms. The molecule has 27 heavy (non-hydrogen) atoms. The van der Waals surface area contributed by atoms with Crippen molar-refractivity contribution < 1.29 is 9.59 Å². The SMILES string of the molecule is CC1=C(C)C(=O)C(CCCCCCCCCC2C=CC(C)=C(C)C2=O)C=C1. The van der Waals surface area contributed by atoms with Crippen LogP contribution in [0, 0.1) is 11.8 Å². The van der Waals surface area contributed by atoms with Gasteiger partial charge in [0.25, 0.3) is 0 Å². The van der Waals surface area contributed by atoms with Crippen LogP contribution in [0.3, 0.4) is 0 Å². The molecule has 2 rings (SSSR count). The second-order valence-corrected chi connectivity index (χ2v) is 8.33. The molecule has 0 saturated carbocycles. The van der Waals surface area contributed by atoms with Crippen molar-refractivity contribution in [2.75, 3.05) is 0 Å². The Morgan fingerprint density at radius 3 is 1.30 bits per heavy atom. The van der Waals surface area contributed by atoms with Crippen molar-refractivity contribution in [2.24, 2.45) is 11.8 Å². The van der Waals surface area contributed by atoms with Crippen LogP contribution in [0.2, 0.25) is 0 Å². The van der Waals surface area contributed by atoms with Crippen LogP contribution in [0.4, 0.5) is 0 Å². The van der Waals surface area contributed by atoms with Gasteiger partial charge in [-0.3, -0.25) is 9.59 Å². The number of allylic oxidation sites excluding steroid dienone is 8. The molecule has 2 atom stereocenters. The highest BCUT2D eigenvalue weighted by molar-refractivity contribution is 6.00. The molecule has 0 spiro atoms. The van der Waals surface area contributed by atoms with Crippen molar-refractivity contribution in [3.63, 3.8) is 0 Å². The van der Waals surface area contributed by atoms with Crippen LogP contribution in [0.5, 0.6) is 0 Å². The minimum absolute atomic E-state index is 0.107. The lowest BCUT2D eigenvalue weighted by molar-refractivity contribution is -0.119. The van der Waals surface area contributed by atoms with Crippen molar-refractivity contribution in [2.45, 2.75) is 85.5 Å². The molecule has 0 fully saturated rings. The number of unbranched alkanes of at least 4 members (excludes halogenated alkanes) is 6. The lowest BCUT2D eigenvalue weighted by Crippen LogP contribution is -2.17. The van der Waals surface area contributed by atoms with Gasteiger partial charge in [0, 0.05) is 11.8 Å². The molecule has 0 saturated heterocycles. The predicted molar refractivity (Wildman–Crippen MR) is 114 cm³/mol. The molecule has 2 aliphatic carbocycles. The van der Waals surface area contributed by atoms with E-state index in [0.717, 1.165) is 48.0 Å². The topological polar surface area (TPSA) is 34.1 Å². The second-order valence-electron chi connectivity index (χ2n) is 8.33. The summed E-state index contributed by atoms with van der Waals surface area (Å²) in [5.74, 6) is 0.857. The zero-order valence-electron chi connectivity index (χ0n) is 17.6. The van der Waals surface area contributed by atoms with Gasteiger partial charge in [-0.15, -0.1) is 0 Å². The quantitative estimate of drug-likeness (QED) is 0.403. The second kappa shape index (κ2) is 10.6. The Morgan fingerprint density at radius 2 is 0.926 bits per heavy atom. The van der Waals surface area contributed by atoms with Gasteiger partial charge in [-0.1, -0.05) is 69.2 Å². The van der Waals surface area contributed by atoms with E-state index in [4.69, 9.17) is 0 Å². The number of carbonyl (C=O) groups excluding carboxylic acids is 2. The summed E-state index contributed by atoms with van der Waals surface area (Å²) >= 11 is 0. The van der Waals surface area contributed by atoms with Crippen LogP contribution in [0.15, 0.2) is 46.6 Å². The van der Waals surface area contributed by atoms with Gasteiger partial charge in [0.15, 0.2) is 11.6 Å². The Morgan fingerprint density at radius 1 is 0.593 bits per heavy atom. The summed E-state index contributed by atoms with van der Waals surface area (Å²) in [6.07, 6.45) is 18.8. The maximum absolute atomic E-state index is 12.2. The Labute approximate surface area is 165 Å². The number of hydrogen-bond acceptors (Lipinski definition) is 2. The summed E-state index contributed by atoms with van der Waals surface area (Å²) in [7, 11) is 0. The van der Waals surface area contributed by atoms with Crippen LogP contribution >= 0.6 is 0 Å². The third-order valence-corrected chi connectivity index (χ3v) is 6.28.